The molecule has 0 saturated carbocycles. The summed E-state index contributed by atoms with van der Waals surface area (Å²) in [5, 5.41) is 12.7. The Morgan fingerprint density at radius 3 is 3.06 bits per heavy atom. The van der Waals surface area contributed by atoms with Gasteiger partial charge in [0.2, 0.25) is 5.82 Å². The van der Waals surface area contributed by atoms with Crippen molar-refractivity contribution in [3.05, 3.63) is 29.5 Å². The Kier molecular flexibility index (Phi) is 2.42. The Bertz CT molecular complexity index is 719. The molecule has 0 atom stereocenters. The molecule has 0 aliphatic heterocycles. The molecule has 88 valence electrons. The van der Waals surface area contributed by atoms with Crippen molar-refractivity contribution in [2.75, 3.05) is 0 Å². The van der Waals surface area contributed by atoms with Crippen LogP contribution in [0, 0.1) is 11.3 Å². The van der Waals surface area contributed by atoms with Gasteiger partial charge in [-0.1, -0.05) is 5.16 Å². The van der Waals surface area contributed by atoms with E-state index < -0.39 is 0 Å². The molecule has 7 heteroatoms. The highest BCUT2D eigenvalue weighted by atomic mass is 32.1. The van der Waals surface area contributed by atoms with Gasteiger partial charge in [0, 0.05) is 19.4 Å². The van der Waals surface area contributed by atoms with Crippen LogP contribution in [0.4, 0.5) is 0 Å². The van der Waals surface area contributed by atoms with Gasteiger partial charge in [-0.3, -0.25) is 4.98 Å². The third-order valence-electron chi connectivity index (χ3n) is 2.43. The molecule has 3 rings (SSSR count). The highest BCUT2D eigenvalue weighted by molar-refractivity contribution is 7.13. The quantitative estimate of drug-likeness (QED) is 0.702. The Morgan fingerprint density at radius 2 is 2.39 bits per heavy atom. The summed E-state index contributed by atoms with van der Waals surface area (Å²) in [6, 6.07) is 3.79. The molecule has 0 aromatic carbocycles. The summed E-state index contributed by atoms with van der Waals surface area (Å²) in [6.45, 7) is 0. The van der Waals surface area contributed by atoms with E-state index >= 15 is 0 Å². The molecule has 0 aliphatic carbocycles. The van der Waals surface area contributed by atoms with Crippen LogP contribution in [0.3, 0.4) is 0 Å². The van der Waals surface area contributed by atoms with Crippen molar-refractivity contribution < 1.29 is 4.52 Å². The first-order chi connectivity index (χ1) is 8.78. The van der Waals surface area contributed by atoms with Crippen molar-refractivity contribution in [1.29, 1.82) is 5.26 Å². The molecule has 18 heavy (non-hydrogen) atoms. The second kappa shape index (κ2) is 4.09. The fraction of sp³-hybridized carbons (Fsp3) is 0.0909. The molecule has 0 bridgehead atoms. The zero-order valence-electron chi connectivity index (χ0n) is 9.36. The fourth-order valence-corrected chi connectivity index (χ4v) is 2.14. The van der Waals surface area contributed by atoms with Gasteiger partial charge < -0.3 is 9.09 Å². The van der Waals surface area contributed by atoms with Crippen LogP contribution in [0.1, 0.15) is 5.56 Å². The van der Waals surface area contributed by atoms with Gasteiger partial charge in [-0.25, -0.2) is 0 Å². The maximum absolute atomic E-state index is 8.84. The standard InChI is InChI=1S/C11H7N5OS/c1-16-5-7(3-12)2-8(16)11-14-10(15-17-11)9-4-13-6-18-9/h2,4-6H,1H3. The summed E-state index contributed by atoms with van der Waals surface area (Å²) in [6.07, 6.45) is 3.40. The summed E-state index contributed by atoms with van der Waals surface area (Å²) < 4.78 is 6.98. The summed E-state index contributed by atoms with van der Waals surface area (Å²) in [5.74, 6) is 0.898. The molecule has 0 aliphatic rings. The maximum Gasteiger partial charge on any atom is 0.274 e. The Hall–Kier alpha value is -2.46. The average Bonchev–Trinajstić information content (AvgIpc) is 3.08. The topological polar surface area (TPSA) is 80.5 Å². The van der Waals surface area contributed by atoms with E-state index in [1.54, 1.807) is 28.5 Å². The Morgan fingerprint density at radius 1 is 1.50 bits per heavy atom. The first kappa shape index (κ1) is 10.7. The van der Waals surface area contributed by atoms with Crippen molar-refractivity contribution in [1.82, 2.24) is 19.7 Å². The third kappa shape index (κ3) is 1.69. The van der Waals surface area contributed by atoms with Gasteiger partial charge in [-0.15, -0.1) is 11.3 Å². The lowest BCUT2D eigenvalue weighted by atomic mass is 10.3. The second-order valence-electron chi connectivity index (χ2n) is 3.63. The lowest BCUT2D eigenvalue weighted by Crippen LogP contribution is -1.88. The van der Waals surface area contributed by atoms with Crippen LogP contribution in [-0.2, 0) is 7.05 Å². The first-order valence-electron chi connectivity index (χ1n) is 5.07. The molecule has 0 saturated heterocycles. The molecule has 3 aromatic rings. The van der Waals surface area contributed by atoms with Crippen molar-refractivity contribution >= 4 is 11.3 Å². The van der Waals surface area contributed by atoms with Gasteiger partial charge in [-0.2, -0.15) is 10.2 Å². The van der Waals surface area contributed by atoms with Crippen molar-refractivity contribution in [3.63, 3.8) is 0 Å². The number of thiazole rings is 1. The van der Waals surface area contributed by atoms with Crippen LogP contribution in [0.2, 0.25) is 0 Å². The number of nitrogens with zero attached hydrogens (tertiary/aromatic N) is 5. The van der Waals surface area contributed by atoms with Gasteiger partial charge in [0.25, 0.3) is 5.89 Å². The van der Waals surface area contributed by atoms with E-state index in [1.807, 2.05) is 7.05 Å². The molecule has 6 nitrogen and oxygen atoms in total. The molecule has 0 N–H and O–H groups in total. The van der Waals surface area contributed by atoms with Crippen molar-refractivity contribution in [2.24, 2.45) is 7.05 Å². The summed E-state index contributed by atoms with van der Waals surface area (Å²) >= 11 is 1.44. The zero-order chi connectivity index (χ0) is 12.5. The Balaban J connectivity index is 2.03. The number of aromatic nitrogens is 4. The van der Waals surface area contributed by atoms with Crippen LogP contribution in [0.5, 0.6) is 0 Å². The van der Waals surface area contributed by atoms with Gasteiger partial charge in [0.1, 0.15) is 11.8 Å². The molecule has 0 radical (unpaired) electrons. The van der Waals surface area contributed by atoms with E-state index in [1.165, 1.54) is 11.3 Å². The summed E-state index contributed by atoms with van der Waals surface area (Å²) in [4.78, 5) is 9.10. The van der Waals surface area contributed by atoms with Gasteiger partial charge in [0.05, 0.1) is 16.0 Å². The second-order valence-corrected chi connectivity index (χ2v) is 4.51. The van der Waals surface area contributed by atoms with E-state index in [0.717, 1.165) is 10.6 Å². The van der Waals surface area contributed by atoms with Gasteiger partial charge >= 0.3 is 0 Å². The van der Waals surface area contributed by atoms with E-state index in [0.29, 0.717) is 17.3 Å². The van der Waals surface area contributed by atoms with E-state index in [2.05, 4.69) is 21.2 Å². The normalized spacial score (nSPS) is 10.4. The molecule has 3 aromatic heterocycles. The minimum atomic E-state index is 0.391. The van der Waals surface area contributed by atoms with Crippen LogP contribution in [0.25, 0.3) is 22.3 Å². The third-order valence-corrected chi connectivity index (χ3v) is 3.20. The number of aryl methyl sites for hydroxylation is 1. The molecule has 0 spiro atoms. The van der Waals surface area contributed by atoms with Crippen LogP contribution in [-0.4, -0.2) is 19.7 Å². The zero-order valence-corrected chi connectivity index (χ0v) is 10.2. The van der Waals surface area contributed by atoms with Gasteiger partial charge in [-0.05, 0) is 6.07 Å². The monoisotopic (exact) mass is 257 g/mol. The molecular weight excluding hydrogens is 250 g/mol. The molecule has 3 heterocycles. The largest absolute Gasteiger partial charge is 0.345 e. The summed E-state index contributed by atoms with van der Waals surface area (Å²) in [7, 11) is 1.83. The van der Waals surface area contributed by atoms with Crippen LogP contribution in [0.15, 0.2) is 28.5 Å². The van der Waals surface area contributed by atoms with Crippen molar-refractivity contribution in [3.8, 4) is 28.4 Å². The van der Waals surface area contributed by atoms with E-state index in [9.17, 15) is 0 Å². The minimum Gasteiger partial charge on any atom is -0.345 e. The highest BCUT2D eigenvalue weighted by Gasteiger charge is 2.15. The first-order valence-corrected chi connectivity index (χ1v) is 5.95. The average molecular weight is 257 g/mol. The number of nitriles is 1. The number of rotatable bonds is 2. The minimum absolute atomic E-state index is 0.391. The van der Waals surface area contributed by atoms with E-state index in [-0.39, 0.29) is 0 Å². The smallest absolute Gasteiger partial charge is 0.274 e. The predicted molar refractivity (Wildman–Crippen MR) is 64.5 cm³/mol. The molecule has 0 unspecified atom stereocenters. The number of hydrogen-bond acceptors (Lipinski definition) is 6. The van der Waals surface area contributed by atoms with Gasteiger partial charge in [0.15, 0.2) is 0 Å². The Labute approximate surface area is 106 Å². The maximum atomic E-state index is 8.84. The molecule has 0 amide bonds. The summed E-state index contributed by atoms with van der Waals surface area (Å²) in [5.41, 5.74) is 2.99. The van der Waals surface area contributed by atoms with E-state index in [4.69, 9.17) is 9.78 Å². The predicted octanol–water partition coefficient (Wildman–Crippen LogP) is 2.07. The lowest BCUT2D eigenvalue weighted by molar-refractivity contribution is 0.429. The SMILES string of the molecule is Cn1cc(C#N)cc1-c1nc(-c2cncs2)no1. The fourth-order valence-electron chi connectivity index (χ4n) is 1.59. The van der Waals surface area contributed by atoms with Crippen LogP contribution >= 0.6 is 11.3 Å². The lowest BCUT2D eigenvalue weighted by Gasteiger charge is -1.94. The number of hydrogen-bond donors (Lipinski definition) is 0. The van der Waals surface area contributed by atoms with Crippen molar-refractivity contribution in [2.45, 2.75) is 0 Å². The molecule has 0 fully saturated rings. The molecular formula is C11H7N5OS. The van der Waals surface area contributed by atoms with Crippen LogP contribution < -0.4 is 0 Å². The highest BCUT2D eigenvalue weighted by Crippen LogP contribution is 2.25.